The molecule has 138 valence electrons. The van der Waals surface area contributed by atoms with Crippen LogP contribution < -0.4 is 15.4 Å². The molecule has 0 saturated heterocycles. The van der Waals surface area contributed by atoms with Crippen LogP contribution in [0.5, 0.6) is 5.75 Å². The summed E-state index contributed by atoms with van der Waals surface area (Å²) in [5, 5.41) is 15.0. The van der Waals surface area contributed by atoms with E-state index in [1.165, 1.54) is 0 Å². The number of nitrogens with one attached hydrogen (secondary N) is 2. The molecule has 2 rings (SSSR count). The van der Waals surface area contributed by atoms with Crippen LogP contribution in [0.25, 0.3) is 0 Å². The molecule has 0 fully saturated rings. The molecule has 2 amide bonds. The molecule has 1 aromatic carbocycles. The molecule has 0 aliphatic heterocycles. The maximum Gasteiger partial charge on any atom is 0.315 e. The Bertz CT molecular complexity index is 569. The number of ether oxygens (including phenoxy) is 1. The van der Waals surface area contributed by atoms with Gasteiger partial charge in [-0.15, -0.1) is 0 Å². The predicted octanol–water partition coefficient (Wildman–Crippen LogP) is 3.41. The Morgan fingerprint density at radius 2 is 1.96 bits per heavy atom. The molecule has 3 atom stereocenters. The van der Waals surface area contributed by atoms with E-state index in [9.17, 15) is 4.79 Å². The normalized spacial score (nSPS) is 20.5. The second kappa shape index (κ2) is 9.47. The zero-order valence-corrected chi connectivity index (χ0v) is 15.4. The standard InChI is InChI=1S/C20H30N2O3/c1-14(2)10-11-25-19-8-5-17(6-9-19)15(3)21-20(24)22-18-7-4-16(12-18)13-23/h4-9,14-16,18,23H,10-13H2,1-3H3,(H2,21,22,24)/t15?,16-,18+/m0/s1. The first-order valence-electron chi connectivity index (χ1n) is 9.07. The minimum absolute atomic E-state index is 0.0129. The van der Waals surface area contributed by atoms with Crippen LogP contribution in [0.15, 0.2) is 36.4 Å². The van der Waals surface area contributed by atoms with Gasteiger partial charge in [-0.05, 0) is 43.4 Å². The third-order valence-corrected chi connectivity index (χ3v) is 4.41. The van der Waals surface area contributed by atoms with Gasteiger partial charge in [0.1, 0.15) is 5.75 Å². The minimum Gasteiger partial charge on any atom is -0.494 e. The molecule has 25 heavy (non-hydrogen) atoms. The molecule has 5 heteroatoms. The fourth-order valence-corrected chi connectivity index (χ4v) is 2.77. The van der Waals surface area contributed by atoms with Gasteiger partial charge in [-0.25, -0.2) is 4.79 Å². The fourth-order valence-electron chi connectivity index (χ4n) is 2.77. The van der Waals surface area contributed by atoms with Crippen LogP contribution in [-0.2, 0) is 0 Å². The van der Waals surface area contributed by atoms with Gasteiger partial charge in [-0.2, -0.15) is 0 Å². The van der Waals surface area contributed by atoms with E-state index in [0.29, 0.717) is 5.92 Å². The lowest BCUT2D eigenvalue weighted by atomic mass is 10.1. The molecule has 0 saturated carbocycles. The van der Waals surface area contributed by atoms with Crippen LogP contribution in [0.2, 0.25) is 0 Å². The Labute approximate surface area is 150 Å². The zero-order chi connectivity index (χ0) is 18.2. The maximum atomic E-state index is 12.1. The quantitative estimate of drug-likeness (QED) is 0.632. The molecule has 0 heterocycles. The number of carbonyl (C=O) groups excluding carboxylic acids is 1. The highest BCUT2D eigenvalue weighted by atomic mass is 16.5. The molecule has 0 aromatic heterocycles. The minimum atomic E-state index is -0.196. The van der Waals surface area contributed by atoms with E-state index in [1.54, 1.807) is 0 Å². The summed E-state index contributed by atoms with van der Waals surface area (Å²) in [5.41, 5.74) is 1.03. The van der Waals surface area contributed by atoms with Gasteiger partial charge in [-0.3, -0.25) is 0 Å². The summed E-state index contributed by atoms with van der Waals surface area (Å²) in [5.74, 6) is 1.63. The Morgan fingerprint density at radius 1 is 1.24 bits per heavy atom. The summed E-state index contributed by atoms with van der Waals surface area (Å²) in [7, 11) is 0. The van der Waals surface area contributed by atoms with Gasteiger partial charge in [0.2, 0.25) is 0 Å². The van der Waals surface area contributed by atoms with Crippen LogP contribution in [0.4, 0.5) is 4.79 Å². The van der Waals surface area contributed by atoms with Crippen LogP contribution in [0.3, 0.4) is 0 Å². The molecular weight excluding hydrogens is 316 g/mol. The summed E-state index contributed by atoms with van der Waals surface area (Å²) in [6.07, 6.45) is 5.67. The van der Waals surface area contributed by atoms with E-state index in [4.69, 9.17) is 9.84 Å². The number of urea groups is 1. The average molecular weight is 346 g/mol. The Morgan fingerprint density at radius 3 is 2.56 bits per heavy atom. The number of hydrogen-bond acceptors (Lipinski definition) is 3. The summed E-state index contributed by atoms with van der Waals surface area (Å²) in [6, 6.07) is 7.54. The van der Waals surface area contributed by atoms with E-state index in [2.05, 4.69) is 24.5 Å². The van der Waals surface area contributed by atoms with Gasteiger partial charge in [0.25, 0.3) is 0 Å². The van der Waals surface area contributed by atoms with Gasteiger partial charge in [0.15, 0.2) is 0 Å². The first-order valence-corrected chi connectivity index (χ1v) is 9.07. The largest absolute Gasteiger partial charge is 0.494 e. The smallest absolute Gasteiger partial charge is 0.315 e. The number of hydrogen-bond donors (Lipinski definition) is 3. The highest BCUT2D eigenvalue weighted by molar-refractivity contribution is 5.75. The van der Waals surface area contributed by atoms with Crippen molar-refractivity contribution in [3.05, 3.63) is 42.0 Å². The van der Waals surface area contributed by atoms with Crippen molar-refractivity contribution in [1.29, 1.82) is 0 Å². The molecule has 5 nitrogen and oxygen atoms in total. The second-order valence-electron chi connectivity index (χ2n) is 7.11. The predicted molar refractivity (Wildman–Crippen MR) is 99.6 cm³/mol. The van der Waals surface area contributed by atoms with E-state index in [0.717, 1.165) is 30.8 Å². The molecule has 1 aliphatic rings. The van der Waals surface area contributed by atoms with Gasteiger partial charge in [0, 0.05) is 18.6 Å². The molecule has 1 aromatic rings. The van der Waals surface area contributed by atoms with Crippen LogP contribution in [-0.4, -0.2) is 30.4 Å². The molecule has 1 aliphatic carbocycles. The van der Waals surface area contributed by atoms with Crippen LogP contribution in [0.1, 0.15) is 45.2 Å². The Hall–Kier alpha value is -2.01. The van der Waals surface area contributed by atoms with Gasteiger partial charge in [0.05, 0.1) is 12.6 Å². The van der Waals surface area contributed by atoms with Gasteiger partial charge in [-0.1, -0.05) is 38.1 Å². The maximum absolute atomic E-state index is 12.1. The summed E-state index contributed by atoms with van der Waals surface area (Å²) in [4.78, 5) is 12.1. The van der Waals surface area contributed by atoms with Crippen molar-refractivity contribution in [2.45, 2.75) is 45.7 Å². The van der Waals surface area contributed by atoms with Crippen molar-refractivity contribution in [2.24, 2.45) is 11.8 Å². The number of amides is 2. The Balaban J connectivity index is 1.77. The van der Waals surface area contributed by atoms with Crippen LogP contribution in [0, 0.1) is 11.8 Å². The first kappa shape index (κ1) is 19.3. The fraction of sp³-hybridized carbons (Fsp3) is 0.550. The molecule has 3 N–H and O–H groups in total. The number of rotatable bonds is 8. The van der Waals surface area contributed by atoms with Crippen molar-refractivity contribution in [1.82, 2.24) is 10.6 Å². The topological polar surface area (TPSA) is 70.6 Å². The van der Waals surface area contributed by atoms with E-state index < -0.39 is 0 Å². The molecular formula is C20H30N2O3. The second-order valence-corrected chi connectivity index (χ2v) is 7.11. The lowest BCUT2D eigenvalue weighted by Crippen LogP contribution is -2.41. The number of aliphatic hydroxyl groups excluding tert-OH is 1. The Kier molecular flexibility index (Phi) is 7.31. The SMILES string of the molecule is CC(C)CCOc1ccc(C(C)NC(=O)N[C@@H]2C=C[C@H](CO)C2)cc1. The summed E-state index contributed by atoms with van der Waals surface area (Å²) < 4.78 is 5.71. The third kappa shape index (κ3) is 6.42. The summed E-state index contributed by atoms with van der Waals surface area (Å²) >= 11 is 0. The highest BCUT2D eigenvalue weighted by Gasteiger charge is 2.20. The lowest BCUT2D eigenvalue weighted by molar-refractivity contribution is 0.229. The number of aliphatic hydroxyl groups is 1. The monoisotopic (exact) mass is 346 g/mol. The number of carbonyl (C=O) groups is 1. The third-order valence-electron chi connectivity index (χ3n) is 4.41. The zero-order valence-electron chi connectivity index (χ0n) is 15.4. The van der Waals surface area contributed by atoms with Crippen LogP contribution >= 0.6 is 0 Å². The van der Waals surface area contributed by atoms with Gasteiger partial charge >= 0.3 is 6.03 Å². The lowest BCUT2D eigenvalue weighted by Gasteiger charge is -2.18. The first-order chi connectivity index (χ1) is 12.0. The number of benzene rings is 1. The van der Waals surface area contributed by atoms with Crippen molar-refractivity contribution >= 4 is 6.03 Å². The van der Waals surface area contributed by atoms with E-state index in [1.807, 2.05) is 43.3 Å². The molecule has 0 spiro atoms. The molecule has 1 unspecified atom stereocenters. The van der Waals surface area contributed by atoms with Gasteiger partial charge < -0.3 is 20.5 Å². The van der Waals surface area contributed by atoms with E-state index in [-0.39, 0.29) is 30.6 Å². The highest BCUT2D eigenvalue weighted by Crippen LogP contribution is 2.19. The van der Waals surface area contributed by atoms with Crippen molar-refractivity contribution in [3.63, 3.8) is 0 Å². The van der Waals surface area contributed by atoms with Crippen molar-refractivity contribution in [2.75, 3.05) is 13.2 Å². The van der Waals surface area contributed by atoms with E-state index >= 15 is 0 Å². The molecule has 0 radical (unpaired) electrons. The summed E-state index contributed by atoms with van der Waals surface area (Å²) in [6.45, 7) is 7.15. The van der Waals surface area contributed by atoms with Crippen molar-refractivity contribution in [3.8, 4) is 5.75 Å². The van der Waals surface area contributed by atoms with Crippen molar-refractivity contribution < 1.29 is 14.6 Å². The average Bonchev–Trinajstić information content (AvgIpc) is 3.02. The molecule has 0 bridgehead atoms.